The number of carbonyl (C=O) groups excluding carboxylic acids is 1. The summed E-state index contributed by atoms with van der Waals surface area (Å²) in [4.78, 5) is 10.1. The Kier molecular flexibility index (Phi) is 16.5. The molecule has 2 rings (SSSR count). The molecule has 0 atom stereocenters. The van der Waals surface area contributed by atoms with Gasteiger partial charge in [0.05, 0.1) is 22.8 Å². The number of carbonyl (C=O) groups is 1. The van der Waals surface area contributed by atoms with Gasteiger partial charge in [0.25, 0.3) is 0 Å². The summed E-state index contributed by atoms with van der Waals surface area (Å²) < 4.78 is 0. The number of hydrogen-bond acceptors (Lipinski definition) is 5. The number of aldehydes is 1. The Morgan fingerprint density at radius 3 is 1.90 bits per heavy atom. The quantitative estimate of drug-likeness (QED) is 0.195. The number of amidine groups is 1. The molecule has 0 aromatic heterocycles. The number of rotatable bonds is 4. The summed E-state index contributed by atoms with van der Waals surface area (Å²) in [5.74, 6) is -0.0636. The van der Waals surface area contributed by atoms with Crippen molar-refractivity contribution in [1.29, 1.82) is 5.41 Å². The van der Waals surface area contributed by atoms with Crippen molar-refractivity contribution < 1.29 is 4.79 Å². The third kappa shape index (κ3) is 15.3. The average molecular weight is 481 g/mol. The lowest BCUT2D eigenvalue weighted by Crippen LogP contribution is -2.21. The van der Waals surface area contributed by atoms with Crippen molar-refractivity contribution in [3.05, 3.63) is 68.7 Å². The zero-order valence-corrected chi connectivity index (χ0v) is 18.1. The summed E-state index contributed by atoms with van der Waals surface area (Å²) in [6.45, 7) is 0.167. The molecule has 0 aliphatic carbocycles. The van der Waals surface area contributed by atoms with Gasteiger partial charge in [0.2, 0.25) is 5.96 Å². The van der Waals surface area contributed by atoms with Crippen LogP contribution in [0.15, 0.2) is 52.7 Å². The third-order valence-corrected chi connectivity index (χ3v) is 3.54. The van der Waals surface area contributed by atoms with Crippen LogP contribution in [-0.4, -0.2) is 30.8 Å². The summed E-state index contributed by atoms with van der Waals surface area (Å²) in [7, 11) is 0. The first-order valence-electron chi connectivity index (χ1n) is 7.50. The van der Waals surface area contributed by atoms with Gasteiger partial charge in [-0.2, -0.15) is 5.10 Å². The second kappa shape index (κ2) is 16.6. The Bertz CT molecular complexity index is 823. The van der Waals surface area contributed by atoms with Crippen LogP contribution in [0.1, 0.15) is 15.9 Å². The lowest BCUT2D eigenvalue weighted by molar-refractivity contribution is 0.112. The predicted octanol–water partition coefficient (Wildman–Crippen LogP) is 3.06. The molecule has 8 nitrogen and oxygen atoms in total. The van der Waals surface area contributed by atoms with E-state index in [9.17, 15) is 4.79 Å². The number of nitrogens with zero attached hydrogens (tertiary/aromatic N) is 2. The van der Waals surface area contributed by atoms with Crippen molar-refractivity contribution in [1.82, 2.24) is 0 Å². The Balaban J connectivity index is 0. The smallest absolute Gasteiger partial charge is 0.211 e. The lowest BCUT2D eigenvalue weighted by Gasteiger charge is -1.95. The molecule has 0 bridgehead atoms. The van der Waals surface area contributed by atoms with Gasteiger partial charge in [-0.15, -0.1) is 17.5 Å². The van der Waals surface area contributed by atoms with Crippen molar-refractivity contribution in [3.8, 4) is 0 Å². The SMILES string of the molecule is Cl.N=C(N)CN.NC(N)=N/N=C/c1ccc(Cl)c(Cl)c1.O=Cc1ccc(Cl)cc1. The van der Waals surface area contributed by atoms with E-state index in [4.69, 9.17) is 63.1 Å². The highest BCUT2D eigenvalue weighted by Crippen LogP contribution is 2.21. The Morgan fingerprint density at radius 1 is 0.966 bits per heavy atom. The van der Waals surface area contributed by atoms with E-state index in [0.717, 1.165) is 11.8 Å². The van der Waals surface area contributed by atoms with Crippen LogP contribution in [-0.2, 0) is 0 Å². The summed E-state index contributed by atoms with van der Waals surface area (Å²) in [6.07, 6.45) is 2.26. The van der Waals surface area contributed by atoms with Crippen LogP contribution in [0.3, 0.4) is 0 Å². The molecule has 0 radical (unpaired) electrons. The predicted molar refractivity (Wildman–Crippen MR) is 125 cm³/mol. The largest absolute Gasteiger partial charge is 0.387 e. The minimum atomic E-state index is -0.0960. The van der Waals surface area contributed by atoms with Crippen molar-refractivity contribution >= 4 is 71.5 Å². The Morgan fingerprint density at radius 2 is 1.48 bits per heavy atom. The van der Waals surface area contributed by atoms with Gasteiger partial charge >= 0.3 is 0 Å². The molecule has 0 fully saturated rings. The highest BCUT2D eigenvalue weighted by atomic mass is 35.5. The molecule has 0 aliphatic rings. The standard InChI is InChI=1S/C8H8Cl2N4.C7H5ClO.C2H7N3.ClH/c9-6-2-1-5(3-7(6)10)4-13-14-8(11)12;8-7-3-1-6(5-9)2-4-7;3-1-2(4)5;/h1-4H,(H4,11,12,14);1-5H;1,3H2,(H3,4,5);1H/b13-4+;;;. The first kappa shape index (κ1) is 28.8. The topological polar surface area (TPSA) is 170 Å². The minimum Gasteiger partial charge on any atom is -0.387 e. The zero-order valence-electron chi connectivity index (χ0n) is 15.1. The van der Waals surface area contributed by atoms with Gasteiger partial charge in [-0.25, -0.2) is 0 Å². The third-order valence-electron chi connectivity index (χ3n) is 2.55. The summed E-state index contributed by atoms with van der Waals surface area (Å²) in [5, 5.41) is 15.1. The number of nitrogens with two attached hydrogens (primary N) is 4. The molecule has 0 spiro atoms. The van der Waals surface area contributed by atoms with E-state index in [1.807, 2.05) is 0 Å². The highest BCUT2D eigenvalue weighted by Gasteiger charge is 1.96. The fourth-order valence-corrected chi connectivity index (χ4v) is 1.73. The molecular weight excluding hydrogens is 460 g/mol. The summed E-state index contributed by atoms with van der Waals surface area (Å²) in [5.41, 5.74) is 21.1. The average Bonchev–Trinajstić information content (AvgIpc) is 2.66. The van der Waals surface area contributed by atoms with Gasteiger partial charge < -0.3 is 22.9 Å². The van der Waals surface area contributed by atoms with E-state index >= 15 is 0 Å². The lowest BCUT2D eigenvalue weighted by atomic mass is 10.2. The molecule has 12 heteroatoms. The molecule has 2 aromatic carbocycles. The van der Waals surface area contributed by atoms with Gasteiger partial charge in [-0.3, -0.25) is 10.2 Å². The second-order valence-electron chi connectivity index (χ2n) is 4.84. The van der Waals surface area contributed by atoms with E-state index in [1.165, 1.54) is 6.21 Å². The first-order chi connectivity index (χ1) is 13.2. The molecule has 158 valence electrons. The summed E-state index contributed by atoms with van der Waals surface area (Å²) in [6, 6.07) is 11.8. The molecule has 0 saturated carbocycles. The van der Waals surface area contributed by atoms with E-state index < -0.39 is 0 Å². The number of guanidine groups is 1. The maximum Gasteiger partial charge on any atom is 0.211 e. The molecule has 0 saturated heterocycles. The van der Waals surface area contributed by atoms with Crippen LogP contribution in [0.2, 0.25) is 15.1 Å². The van der Waals surface area contributed by atoms with E-state index in [1.54, 1.807) is 42.5 Å². The Labute approximate surface area is 189 Å². The molecule has 29 heavy (non-hydrogen) atoms. The Hall–Kier alpha value is -2.36. The van der Waals surface area contributed by atoms with Crippen molar-refractivity contribution in [2.24, 2.45) is 33.1 Å². The van der Waals surface area contributed by atoms with Gasteiger partial charge in [0.1, 0.15) is 12.1 Å². The molecule has 0 aliphatic heterocycles. The van der Waals surface area contributed by atoms with E-state index in [0.29, 0.717) is 20.6 Å². The van der Waals surface area contributed by atoms with Crippen molar-refractivity contribution in [2.45, 2.75) is 0 Å². The zero-order chi connectivity index (χ0) is 21.5. The molecule has 0 amide bonds. The van der Waals surface area contributed by atoms with Crippen LogP contribution in [0.5, 0.6) is 0 Å². The van der Waals surface area contributed by atoms with Gasteiger partial charge in [0, 0.05) is 10.6 Å². The fourth-order valence-electron chi connectivity index (χ4n) is 1.30. The number of halogens is 4. The number of hydrogen-bond donors (Lipinski definition) is 5. The minimum absolute atomic E-state index is 0. The number of benzene rings is 2. The fraction of sp³-hybridized carbons (Fsp3) is 0.0588. The molecule has 2 aromatic rings. The van der Waals surface area contributed by atoms with Crippen LogP contribution in [0.25, 0.3) is 0 Å². The molecule has 0 unspecified atom stereocenters. The summed E-state index contributed by atoms with van der Waals surface area (Å²) >= 11 is 17.1. The van der Waals surface area contributed by atoms with E-state index in [2.05, 4.69) is 10.2 Å². The molecule has 0 heterocycles. The van der Waals surface area contributed by atoms with Crippen molar-refractivity contribution in [3.63, 3.8) is 0 Å². The maximum atomic E-state index is 10.1. The number of nitrogens with one attached hydrogen (secondary N) is 1. The van der Waals surface area contributed by atoms with E-state index in [-0.39, 0.29) is 30.7 Å². The van der Waals surface area contributed by atoms with Crippen LogP contribution in [0.4, 0.5) is 0 Å². The highest BCUT2D eigenvalue weighted by molar-refractivity contribution is 6.42. The first-order valence-corrected chi connectivity index (χ1v) is 8.63. The van der Waals surface area contributed by atoms with Gasteiger partial charge in [-0.1, -0.05) is 53.0 Å². The monoisotopic (exact) mass is 479 g/mol. The molecule has 9 N–H and O–H groups in total. The van der Waals surface area contributed by atoms with Gasteiger partial charge in [0.15, 0.2) is 0 Å². The maximum absolute atomic E-state index is 10.1. The van der Waals surface area contributed by atoms with Crippen molar-refractivity contribution in [2.75, 3.05) is 6.54 Å². The van der Waals surface area contributed by atoms with Crippen LogP contribution >= 0.6 is 47.2 Å². The van der Waals surface area contributed by atoms with Crippen LogP contribution in [0, 0.1) is 5.41 Å². The molecular formula is C17H21Cl4N7O. The normalized spacial score (nSPS) is 9.10. The second-order valence-corrected chi connectivity index (χ2v) is 6.09. The van der Waals surface area contributed by atoms with Crippen LogP contribution < -0.4 is 22.9 Å². The van der Waals surface area contributed by atoms with Gasteiger partial charge in [-0.05, 0) is 29.8 Å².